The van der Waals surface area contributed by atoms with Gasteiger partial charge in [-0.1, -0.05) is 15.9 Å². The van der Waals surface area contributed by atoms with Crippen molar-refractivity contribution in [3.63, 3.8) is 0 Å². The molecule has 1 rings (SSSR count). The molecule has 17 heavy (non-hydrogen) atoms. The van der Waals surface area contributed by atoms with E-state index in [1.54, 1.807) is 18.2 Å². The van der Waals surface area contributed by atoms with Gasteiger partial charge in [0.25, 0.3) is 0 Å². The van der Waals surface area contributed by atoms with Crippen molar-refractivity contribution in [2.75, 3.05) is 27.2 Å². The van der Waals surface area contributed by atoms with Crippen molar-refractivity contribution in [2.24, 2.45) is 0 Å². The molecule has 0 saturated carbocycles. The Hall–Kier alpha value is 0.0500. The second-order valence-electron chi connectivity index (χ2n) is 3.78. The predicted molar refractivity (Wildman–Crippen MR) is 75.6 cm³/mol. The average Bonchev–Trinajstić information content (AvgIpc) is 2.20. The molecule has 0 atom stereocenters. The summed E-state index contributed by atoms with van der Waals surface area (Å²) in [7, 11) is 0.322. The molecule has 1 aromatic carbocycles. The molecule has 1 N–H and O–H groups in total. The minimum atomic E-state index is -3.46. The highest BCUT2D eigenvalue weighted by Crippen LogP contribution is 2.25. The molecule has 96 valence electrons. The molecule has 0 heterocycles. The molecular weight excluding hydrogens is 372 g/mol. The summed E-state index contributed by atoms with van der Waals surface area (Å²) in [5, 5.41) is 0. The van der Waals surface area contributed by atoms with E-state index in [9.17, 15) is 8.42 Å². The Morgan fingerprint density at radius 2 is 1.94 bits per heavy atom. The fraction of sp³-hybridized carbons (Fsp3) is 0.400. The topological polar surface area (TPSA) is 49.4 Å². The maximum atomic E-state index is 12.0. The summed E-state index contributed by atoms with van der Waals surface area (Å²) >= 11 is 6.50. The second kappa shape index (κ2) is 6.29. The zero-order chi connectivity index (χ0) is 13.1. The quantitative estimate of drug-likeness (QED) is 0.843. The first-order chi connectivity index (χ1) is 7.83. The Balaban J connectivity index is 2.86. The van der Waals surface area contributed by atoms with Crippen LogP contribution in [0.1, 0.15) is 0 Å². The molecule has 0 bridgehead atoms. The molecule has 0 aliphatic rings. The molecule has 0 fully saturated rings. The molecule has 7 heteroatoms. The van der Waals surface area contributed by atoms with Gasteiger partial charge in [-0.2, -0.15) is 0 Å². The zero-order valence-corrected chi connectivity index (χ0v) is 13.6. The molecule has 0 saturated heterocycles. The van der Waals surface area contributed by atoms with E-state index in [1.807, 2.05) is 19.0 Å². The van der Waals surface area contributed by atoms with Crippen molar-refractivity contribution in [3.05, 3.63) is 27.1 Å². The van der Waals surface area contributed by atoms with Crippen molar-refractivity contribution in [1.82, 2.24) is 9.62 Å². The van der Waals surface area contributed by atoms with E-state index >= 15 is 0 Å². The summed E-state index contributed by atoms with van der Waals surface area (Å²) in [6.07, 6.45) is 0. The SMILES string of the molecule is CN(C)CCNS(=O)(=O)c1cc(Br)ccc1Br. The van der Waals surface area contributed by atoms with E-state index in [1.165, 1.54) is 0 Å². The Morgan fingerprint density at radius 1 is 1.29 bits per heavy atom. The largest absolute Gasteiger partial charge is 0.308 e. The van der Waals surface area contributed by atoms with Gasteiger partial charge in [-0.25, -0.2) is 13.1 Å². The van der Waals surface area contributed by atoms with Crippen molar-refractivity contribution in [1.29, 1.82) is 0 Å². The summed E-state index contributed by atoms with van der Waals surface area (Å²) in [5.41, 5.74) is 0. The van der Waals surface area contributed by atoms with E-state index in [0.717, 1.165) is 4.47 Å². The van der Waals surface area contributed by atoms with Crippen LogP contribution < -0.4 is 4.72 Å². The smallest absolute Gasteiger partial charge is 0.241 e. The van der Waals surface area contributed by atoms with E-state index in [-0.39, 0.29) is 4.90 Å². The van der Waals surface area contributed by atoms with Crippen molar-refractivity contribution in [3.8, 4) is 0 Å². The van der Waals surface area contributed by atoms with Gasteiger partial charge >= 0.3 is 0 Å². The summed E-state index contributed by atoms with van der Waals surface area (Å²) < 4.78 is 27.9. The second-order valence-corrected chi connectivity index (χ2v) is 7.28. The number of benzene rings is 1. The maximum Gasteiger partial charge on any atom is 0.241 e. The fourth-order valence-corrected chi connectivity index (χ4v) is 3.69. The summed E-state index contributed by atoms with van der Waals surface area (Å²) in [5.74, 6) is 0. The number of hydrogen-bond acceptors (Lipinski definition) is 3. The third-order valence-corrected chi connectivity index (χ3v) is 4.98. The highest BCUT2D eigenvalue weighted by atomic mass is 79.9. The lowest BCUT2D eigenvalue weighted by Crippen LogP contribution is -2.31. The van der Waals surface area contributed by atoms with Gasteiger partial charge in [0.15, 0.2) is 0 Å². The molecule has 1 aromatic rings. The van der Waals surface area contributed by atoms with Crippen LogP contribution in [0.3, 0.4) is 0 Å². The van der Waals surface area contributed by atoms with Crippen LogP contribution >= 0.6 is 31.9 Å². The van der Waals surface area contributed by atoms with Crippen molar-refractivity contribution in [2.45, 2.75) is 4.90 Å². The van der Waals surface area contributed by atoms with E-state index in [2.05, 4.69) is 36.6 Å². The lowest BCUT2D eigenvalue weighted by molar-refractivity contribution is 0.412. The Labute approximate surface area is 119 Å². The molecule has 0 aliphatic carbocycles. The van der Waals surface area contributed by atoms with E-state index < -0.39 is 10.0 Å². The van der Waals surface area contributed by atoms with Gasteiger partial charge in [-0.15, -0.1) is 0 Å². The lowest BCUT2D eigenvalue weighted by Gasteiger charge is -2.12. The number of likely N-dealkylation sites (N-methyl/N-ethyl adjacent to an activating group) is 1. The monoisotopic (exact) mass is 384 g/mol. The van der Waals surface area contributed by atoms with Gasteiger partial charge < -0.3 is 4.90 Å². The van der Waals surface area contributed by atoms with Gasteiger partial charge in [0.1, 0.15) is 0 Å². The van der Waals surface area contributed by atoms with Crippen molar-refractivity contribution < 1.29 is 8.42 Å². The molecule has 0 radical (unpaired) electrons. The van der Waals surface area contributed by atoms with Crippen LogP contribution in [0.4, 0.5) is 0 Å². The van der Waals surface area contributed by atoms with E-state index in [4.69, 9.17) is 0 Å². The number of rotatable bonds is 5. The highest BCUT2D eigenvalue weighted by molar-refractivity contribution is 9.11. The van der Waals surface area contributed by atoms with Crippen LogP contribution in [0.2, 0.25) is 0 Å². The Kier molecular flexibility index (Phi) is 5.59. The minimum Gasteiger partial charge on any atom is -0.308 e. The molecule has 0 aliphatic heterocycles. The van der Waals surface area contributed by atoms with Crippen LogP contribution in [-0.4, -0.2) is 40.5 Å². The third-order valence-electron chi connectivity index (χ3n) is 2.03. The van der Waals surface area contributed by atoms with Crippen LogP contribution in [0.25, 0.3) is 0 Å². The average molecular weight is 386 g/mol. The number of nitrogens with one attached hydrogen (secondary N) is 1. The number of hydrogen-bond donors (Lipinski definition) is 1. The Bertz CT molecular complexity index is 489. The van der Waals surface area contributed by atoms with Gasteiger partial charge in [0.05, 0.1) is 4.90 Å². The van der Waals surface area contributed by atoms with Gasteiger partial charge in [-0.05, 0) is 48.2 Å². The van der Waals surface area contributed by atoms with Crippen molar-refractivity contribution >= 4 is 41.9 Å². The zero-order valence-electron chi connectivity index (χ0n) is 9.57. The maximum absolute atomic E-state index is 12.0. The number of nitrogens with zero attached hydrogens (tertiary/aromatic N) is 1. The molecule has 4 nitrogen and oxygen atoms in total. The summed E-state index contributed by atoms with van der Waals surface area (Å²) in [4.78, 5) is 2.16. The first-order valence-electron chi connectivity index (χ1n) is 4.92. The first-order valence-corrected chi connectivity index (χ1v) is 7.99. The minimum absolute atomic E-state index is 0.241. The summed E-state index contributed by atoms with van der Waals surface area (Å²) in [6, 6.07) is 5.05. The molecule has 0 amide bonds. The molecule has 0 spiro atoms. The van der Waals surface area contributed by atoms with Gasteiger partial charge in [-0.3, -0.25) is 0 Å². The number of sulfonamides is 1. The fourth-order valence-electron chi connectivity index (χ4n) is 1.16. The molecule has 0 unspecified atom stereocenters. The van der Waals surface area contributed by atoms with Crippen LogP contribution in [0.15, 0.2) is 32.0 Å². The normalized spacial score (nSPS) is 12.1. The summed E-state index contributed by atoms with van der Waals surface area (Å²) in [6.45, 7) is 1.04. The van der Waals surface area contributed by atoms with Crippen LogP contribution in [0, 0.1) is 0 Å². The van der Waals surface area contributed by atoms with Crippen LogP contribution in [0.5, 0.6) is 0 Å². The molecule has 0 aromatic heterocycles. The lowest BCUT2D eigenvalue weighted by atomic mass is 10.4. The first kappa shape index (κ1) is 15.1. The van der Waals surface area contributed by atoms with Gasteiger partial charge in [0, 0.05) is 22.0 Å². The van der Waals surface area contributed by atoms with E-state index in [0.29, 0.717) is 17.6 Å². The molecular formula is C10H14Br2N2O2S. The third kappa shape index (κ3) is 4.67. The number of halogens is 2. The van der Waals surface area contributed by atoms with Crippen LogP contribution in [-0.2, 0) is 10.0 Å². The Morgan fingerprint density at radius 3 is 2.53 bits per heavy atom. The predicted octanol–water partition coefficient (Wildman–Crippen LogP) is 2.05. The van der Waals surface area contributed by atoms with Gasteiger partial charge in [0.2, 0.25) is 10.0 Å². The standard InChI is InChI=1S/C10H14Br2N2O2S/c1-14(2)6-5-13-17(15,16)10-7-8(11)3-4-9(10)12/h3-4,7,13H,5-6H2,1-2H3. The highest BCUT2D eigenvalue weighted by Gasteiger charge is 2.17.